The Bertz CT molecular complexity index is 628. The van der Waals surface area contributed by atoms with Crippen LogP contribution in [-0.2, 0) is 6.54 Å². The summed E-state index contributed by atoms with van der Waals surface area (Å²) in [7, 11) is 0. The lowest BCUT2D eigenvalue weighted by molar-refractivity contribution is 0.296. The Morgan fingerprint density at radius 2 is 2.00 bits per heavy atom. The fourth-order valence-corrected chi connectivity index (χ4v) is 2.47. The Labute approximate surface area is 127 Å². The van der Waals surface area contributed by atoms with Crippen LogP contribution in [0.2, 0.25) is 5.02 Å². The van der Waals surface area contributed by atoms with E-state index in [1.54, 1.807) is 6.07 Å². The first-order valence-electron chi connectivity index (χ1n) is 6.80. The van der Waals surface area contributed by atoms with Crippen molar-refractivity contribution in [1.29, 1.82) is 0 Å². The molecule has 2 aromatic carbocycles. The van der Waals surface area contributed by atoms with E-state index < -0.39 is 0 Å². The Balaban J connectivity index is 1.79. The predicted molar refractivity (Wildman–Crippen MR) is 80.8 cm³/mol. The molecule has 0 saturated heterocycles. The first-order valence-corrected chi connectivity index (χ1v) is 7.17. The van der Waals surface area contributed by atoms with Crippen LogP contribution in [0.3, 0.4) is 0 Å². The molecule has 1 aliphatic heterocycles. The van der Waals surface area contributed by atoms with Crippen molar-refractivity contribution in [3.63, 3.8) is 0 Å². The van der Waals surface area contributed by atoms with Crippen LogP contribution in [0.5, 0.6) is 11.5 Å². The molecule has 0 bridgehead atoms. The van der Waals surface area contributed by atoms with Crippen LogP contribution in [0.15, 0.2) is 36.4 Å². The molecule has 0 atom stereocenters. The van der Waals surface area contributed by atoms with Gasteiger partial charge in [-0.25, -0.2) is 4.39 Å². The van der Waals surface area contributed by atoms with Gasteiger partial charge in [-0.1, -0.05) is 23.7 Å². The lowest BCUT2D eigenvalue weighted by atomic mass is 10.1. The predicted octanol–water partition coefficient (Wildman–Crippen LogP) is 4.25. The molecule has 0 aliphatic carbocycles. The number of benzene rings is 2. The molecule has 3 rings (SSSR count). The number of anilines is 1. The highest BCUT2D eigenvalue weighted by Crippen LogP contribution is 2.33. The second kappa shape index (κ2) is 6.22. The first kappa shape index (κ1) is 14.0. The van der Waals surface area contributed by atoms with Crippen LogP contribution in [-0.4, -0.2) is 13.2 Å². The van der Waals surface area contributed by atoms with Gasteiger partial charge in [0.05, 0.1) is 13.2 Å². The number of fused-ring (bicyclic) bond motifs is 1. The Hall–Kier alpha value is -1.94. The monoisotopic (exact) mass is 307 g/mol. The van der Waals surface area contributed by atoms with E-state index in [0.717, 1.165) is 23.5 Å². The Morgan fingerprint density at radius 3 is 2.86 bits per heavy atom. The Morgan fingerprint density at radius 1 is 1.14 bits per heavy atom. The van der Waals surface area contributed by atoms with Crippen molar-refractivity contribution < 1.29 is 13.9 Å². The molecule has 0 fully saturated rings. The van der Waals surface area contributed by atoms with Gasteiger partial charge in [0.25, 0.3) is 0 Å². The van der Waals surface area contributed by atoms with Crippen LogP contribution in [0.4, 0.5) is 10.1 Å². The van der Waals surface area contributed by atoms with Gasteiger partial charge >= 0.3 is 0 Å². The fraction of sp³-hybridized carbons (Fsp3) is 0.250. The summed E-state index contributed by atoms with van der Waals surface area (Å²) in [5.74, 6) is 1.14. The molecule has 3 nitrogen and oxygen atoms in total. The summed E-state index contributed by atoms with van der Waals surface area (Å²) in [6.07, 6.45) is 0.862. The minimum atomic E-state index is -0.364. The van der Waals surface area contributed by atoms with Crippen LogP contribution < -0.4 is 14.8 Å². The number of hydrogen-bond acceptors (Lipinski definition) is 3. The van der Waals surface area contributed by atoms with Crippen molar-refractivity contribution >= 4 is 17.3 Å². The van der Waals surface area contributed by atoms with Crippen molar-refractivity contribution in [2.24, 2.45) is 0 Å². The van der Waals surface area contributed by atoms with Gasteiger partial charge in [-0.2, -0.15) is 0 Å². The maximum Gasteiger partial charge on any atom is 0.166 e. The molecule has 0 aromatic heterocycles. The fourth-order valence-electron chi connectivity index (χ4n) is 2.25. The average molecular weight is 308 g/mol. The highest BCUT2D eigenvalue weighted by Gasteiger charge is 2.14. The third-order valence-corrected chi connectivity index (χ3v) is 3.42. The van der Waals surface area contributed by atoms with E-state index >= 15 is 0 Å². The van der Waals surface area contributed by atoms with Crippen molar-refractivity contribution in [2.45, 2.75) is 13.0 Å². The first-order chi connectivity index (χ1) is 10.2. The lowest BCUT2D eigenvalue weighted by Gasteiger charge is -2.13. The van der Waals surface area contributed by atoms with Gasteiger partial charge in [0, 0.05) is 29.2 Å². The topological polar surface area (TPSA) is 30.5 Å². The van der Waals surface area contributed by atoms with E-state index in [2.05, 4.69) is 5.32 Å². The van der Waals surface area contributed by atoms with Gasteiger partial charge in [0.2, 0.25) is 0 Å². The SMILES string of the molecule is Fc1cc(Cl)cc(NCc2cccc3c2OCCCO3)c1. The van der Waals surface area contributed by atoms with Gasteiger partial charge in [-0.15, -0.1) is 0 Å². The second-order valence-electron chi connectivity index (χ2n) is 4.81. The van der Waals surface area contributed by atoms with Crippen LogP contribution in [0.1, 0.15) is 12.0 Å². The van der Waals surface area contributed by atoms with Crippen LogP contribution in [0.25, 0.3) is 0 Å². The molecule has 0 radical (unpaired) electrons. The number of halogens is 2. The molecular weight excluding hydrogens is 293 g/mol. The largest absolute Gasteiger partial charge is 0.490 e. The highest BCUT2D eigenvalue weighted by atomic mass is 35.5. The summed E-state index contributed by atoms with van der Waals surface area (Å²) < 4.78 is 24.7. The summed E-state index contributed by atoms with van der Waals surface area (Å²) in [5, 5.41) is 3.52. The molecule has 0 amide bonds. The van der Waals surface area contributed by atoms with E-state index in [1.165, 1.54) is 12.1 Å². The maximum absolute atomic E-state index is 13.3. The normalized spacial score (nSPS) is 13.6. The molecule has 1 aliphatic rings. The molecule has 1 heterocycles. The molecule has 110 valence electrons. The van der Waals surface area contributed by atoms with Gasteiger partial charge in [0.1, 0.15) is 5.82 Å². The average Bonchev–Trinajstić information content (AvgIpc) is 2.69. The van der Waals surface area contributed by atoms with E-state index in [1.807, 2.05) is 18.2 Å². The minimum absolute atomic E-state index is 0.364. The Kier molecular flexibility index (Phi) is 4.15. The number of ether oxygens (including phenoxy) is 2. The highest BCUT2D eigenvalue weighted by molar-refractivity contribution is 6.30. The summed E-state index contributed by atoms with van der Waals surface area (Å²) in [5.41, 5.74) is 1.60. The quantitative estimate of drug-likeness (QED) is 0.919. The summed E-state index contributed by atoms with van der Waals surface area (Å²) in [6, 6.07) is 10.1. The van der Waals surface area contributed by atoms with Gasteiger partial charge in [-0.05, 0) is 24.3 Å². The third-order valence-electron chi connectivity index (χ3n) is 3.20. The zero-order chi connectivity index (χ0) is 14.7. The maximum atomic E-state index is 13.3. The number of nitrogens with one attached hydrogen (secondary N) is 1. The zero-order valence-electron chi connectivity index (χ0n) is 11.4. The molecule has 0 spiro atoms. The molecular formula is C16H15ClFNO2. The third kappa shape index (κ3) is 3.39. The summed E-state index contributed by atoms with van der Waals surface area (Å²) >= 11 is 5.84. The van der Waals surface area contributed by atoms with Gasteiger partial charge < -0.3 is 14.8 Å². The second-order valence-corrected chi connectivity index (χ2v) is 5.24. The van der Waals surface area contributed by atoms with Crippen LogP contribution >= 0.6 is 11.6 Å². The van der Waals surface area contributed by atoms with Crippen molar-refractivity contribution in [3.05, 3.63) is 52.8 Å². The van der Waals surface area contributed by atoms with Crippen LogP contribution in [0, 0.1) is 5.82 Å². The summed E-state index contributed by atoms with van der Waals surface area (Å²) in [4.78, 5) is 0. The van der Waals surface area contributed by atoms with E-state index in [-0.39, 0.29) is 5.82 Å². The van der Waals surface area contributed by atoms with Crippen molar-refractivity contribution in [3.8, 4) is 11.5 Å². The van der Waals surface area contributed by atoms with Gasteiger partial charge in [0.15, 0.2) is 11.5 Å². The smallest absolute Gasteiger partial charge is 0.166 e. The molecule has 21 heavy (non-hydrogen) atoms. The van der Waals surface area contributed by atoms with E-state index in [0.29, 0.717) is 30.5 Å². The van der Waals surface area contributed by atoms with Crippen molar-refractivity contribution in [2.75, 3.05) is 18.5 Å². The molecule has 0 saturated carbocycles. The molecule has 1 N–H and O–H groups in total. The number of para-hydroxylation sites is 1. The molecule has 5 heteroatoms. The van der Waals surface area contributed by atoms with Crippen molar-refractivity contribution in [1.82, 2.24) is 0 Å². The molecule has 2 aromatic rings. The number of rotatable bonds is 3. The lowest BCUT2D eigenvalue weighted by Crippen LogP contribution is -2.03. The molecule has 0 unspecified atom stereocenters. The zero-order valence-corrected chi connectivity index (χ0v) is 12.1. The summed E-state index contributed by atoms with van der Waals surface area (Å²) in [6.45, 7) is 1.80. The standard InChI is InChI=1S/C16H15ClFNO2/c17-12-7-13(18)9-14(8-12)19-10-11-3-1-4-15-16(11)21-6-2-5-20-15/h1,3-4,7-9,19H,2,5-6,10H2. The van der Waals surface area contributed by atoms with Gasteiger partial charge in [-0.3, -0.25) is 0 Å². The van der Waals surface area contributed by atoms with E-state index in [4.69, 9.17) is 21.1 Å². The number of hydrogen-bond donors (Lipinski definition) is 1. The van der Waals surface area contributed by atoms with E-state index in [9.17, 15) is 4.39 Å². The minimum Gasteiger partial charge on any atom is -0.490 e.